The highest BCUT2D eigenvalue weighted by molar-refractivity contribution is 7.92. The number of aromatic amines is 1. The monoisotopic (exact) mass is 350 g/mol. The Labute approximate surface area is 138 Å². The van der Waals surface area contributed by atoms with Crippen LogP contribution < -0.4 is 4.72 Å². The summed E-state index contributed by atoms with van der Waals surface area (Å²) in [7, 11) is -3.87. The van der Waals surface area contributed by atoms with Crippen molar-refractivity contribution in [2.75, 3.05) is 4.72 Å². The number of nitrogens with one attached hydrogen (secondary N) is 2. The molecule has 0 radical (unpaired) electrons. The summed E-state index contributed by atoms with van der Waals surface area (Å²) < 4.78 is 46.0. The second-order valence-corrected chi connectivity index (χ2v) is 6.86. The highest BCUT2D eigenvalue weighted by Crippen LogP contribution is 2.23. The van der Waals surface area contributed by atoms with E-state index in [4.69, 9.17) is 4.42 Å². The standard InChI is InChI=1S/C15H15FN4O3S/c1-3-14-18-19-15(23-14)13-7-11(8-17-13)24(21,22)20-10-5-4-9(2)12(16)6-10/h4-8,17,20H,3H2,1-2H3. The molecule has 0 amide bonds. The van der Waals surface area contributed by atoms with Gasteiger partial charge in [0.05, 0.1) is 5.69 Å². The predicted octanol–water partition coefficient (Wildman–Crippen LogP) is 2.88. The average Bonchev–Trinajstić information content (AvgIpc) is 3.19. The highest BCUT2D eigenvalue weighted by Gasteiger charge is 2.19. The molecule has 126 valence electrons. The smallest absolute Gasteiger partial charge is 0.264 e. The van der Waals surface area contributed by atoms with Crippen molar-refractivity contribution in [1.29, 1.82) is 0 Å². The van der Waals surface area contributed by atoms with E-state index >= 15 is 0 Å². The van der Waals surface area contributed by atoms with Crippen molar-refractivity contribution >= 4 is 15.7 Å². The van der Waals surface area contributed by atoms with E-state index in [0.717, 1.165) is 6.07 Å². The molecular formula is C15H15FN4O3S. The Morgan fingerprint density at radius 2 is 2.08 bits per heavy atom. The Morgan fingerprint density at radius 1 is 1.29 bits per heavy atom. The molecule has 2 heterocycles. The summed E-state index contributed by atoms with van der Waals surface area (Å²) in [5, 5.41) is 7.67. The maximum absolute atomic E-state index is 13.5. The Kier molecular flexibility index (Phi) is 4.10. The van der Waals surface area contributed by atoms with Crippen LogP contribution in [0.4, 0.5) is 10.1 Å². The van der Waals surface area contributed by atoms with Crippen molar-refractivity contribution in [2.24, 2.45) is 0 Å². The minimum atomic E-state index is -3.87. The lowest BCUT2D eigenvalue weighted by Gasteiger charge is -2.07. The molecule has 3 aromatic rings. The van der Waals surface area contributed by atoms with Gasteiger partial charge in [0.15, 0.2) is 0 Å². The van der Waals surface area contributed by atoms with Gasteiger partial charge in [-0.15, -0.1) is 10.2 Å². The van der Waals surface area contributed by atoms with E-state index in [1.165, 1.54) is 24.4 Å². The zero-order valence-corrected chi connectivity index (χ0v) is 13.8. The Bertz CT molecular complexity index is 978. The maximum atomic E-state index is 13.5. The van der Waals surface area contributed by atoms with Gasteiger partial charge < -0.3 is 9.40 Å². The lowest BCUT2D eigenvalue weighted by atomic mass is 10.2. The number of aryl methyl sites for hydroxylation is 2. The molecular weight excluding hydrogens is 335 g/mol. The third-order valence-electron chi connectivity index (χ3n) is 3.39. The Hall–Kier alpha value is -2.68. The molecule has 0 aliphatic carbocycles. The van der Waals surface area contributed by atoms with Crippen molar-refractivity contribution < 1.29 is 17.2 Å². The Balaban J connectivity index is 1.86. The maximum Gasteiger partial charge on any atom is 0.264 e. The number of anilines is 1. The van der Waals surface area contributed by atoms with Crippen LogP contribution in [0.2, 0.25) is 0 Å². The largest absolute Gasteiger partial charge is 0.419 e. The number of rotatable bonds is 5. The van der Waals surface area contributed by atoms with Gasteiger partial charge in [0.1, 0.15) is 16.4 Å². The van der Waals surface area contributed by atoms with Gasteiger partial charge in [-0.1, -0.05) is 13.0 Å². The number of H-pyrrole nitrogens is 1. The molecule has 1 aromatic carbocycles. The first kappa shape index (κ1) is 16.2. The topological polar surface area (TPSA) is 101 Å². The highest BCUT2D eigenvalue weighted by atomic mass is 32.2. The number of halogens is 1. The molecule has 0 aliphatic heterocycles. The van der Waals surface area contributed by atoms with Gasteiger partial charge in [-0.2, -0.15) is 0 Å². The number of benzene rings is 1. The van der Waals surface area contributed by atoms with Crippen LogP contribution in [-0.4, -0.2) is 23.6 Å². The van der Waals surface area contributed by atoms with Crippen LogP contribution in [0.1, 0.15) is 18.4 Å². The summed E-state index contributed by atoms with van der Waals surface area (Å²) in [5.74, 6) is 0.176. The first-order valence-electron chi connectivity index (χ1n) is 7.19. The van der Waals surface area contributed by atoms with Crippen molar-refractivity contribution in [2.45, 2.75) is 25.2 Å². The molecule has 2 aromatic heterocycles. The molecule has 24 heavy (non-hydrogen) atoms. The fourth-order valence-corrected chi connectivity index (χ4v) is 3.07. The first-order valence-corrected chi connectivity index (χ1v) is 8.67. The van der Waals surface area contributed by atoms with Gasteiger partial charge in [-0.25, -0.2) is 12.8 Å². The van der Waals surface area contributed by atoms with E-state index in [-0.39, 0.29) is 16.5 Å². The van der Waals surface area contributed by atoms with Gasteiger partial charge in [0, 0.05) is 12.6 Å². The summed E-state index contributed by atoms with van der Waals surface area (Å²) in [5.41, 5.74) is 0.967. The molecule has 3 rings (SSSR count). The van der Waals surface area contributed by atoms with Gasteiger partial charge in [-0.05, 0) is 30.7 Å². The van der Waals surface area contributed by atoms with Gasteiger partial charge in [0.25, 0.3) is 15.9 Å². The van der Waals surface area contributed by atoms with Gasteiger partial charge in [0.2, 0.25) is 5.89 Å². The van der Waals surface area contributed by atoms with Crippen LogP contribution in [0, 0.1) is 12.7 Å². The van der Waals surface area contributed by atoms with Crippen molar-refractivity contribution in [1.82, 2.24) is 15.2 Å². The van der Waals surface area contributed by atoms with Crippen LogP contribution in [0.3, 0.4) is 0 Å². The van der Waals surface area contributed by atoms with Crippen LogP contribution in [0.5, 0.6) is 0 Å². The summed E-state index contributed by atoms with van der Waals surface area (Å²) in [4.78, 5) is 2.76. The molecule has 2 N–H and O–H groups in total. The summed E-state index contributed by atoms with van der Waals surface area (Å²) in [6.45, 7) is 3.47. The lowest BCUT2D eigenvalue weighted by Crippen LogP contribution is -2.12. The van der Waals surface area contributed by atoms with Crippen molar-refractivity contribution in [3.63, 3.8) is 0 Å². The van der Waals surface area contributed by atoms with E-state index in [9.17, 15) is 12.8 Å². The minimum absolute atomic E-state index is 0.0188. The lowest BCUT2D eigenvalue weighted by molar-refractivity contribution is 0.511. The first-order chi connectivity index (χ1) is 11.4. The fraction of sp³-hybridized carbons (Fsp3) is 0.200. The molecule has 0 unspecified atom stereocenters. The normalized spacial score (nSPS) is 11.6. The number of nitrogens with zero attached hydrogens (tertiary/aromatic N) is 2. The third kappa shape index (κ3) is 3.16. The van der Waals surface area contributed by atoms with Crippen LogP contribution in [0.25, 0.3) is 11.6 Å². The van der Waals surface area contributed by atoms with E-state index in [0.29, 0.717) is 23.6 Å². The van der Waals surface area contributed by atoms with Crippen LogP contribution in [-0.2, 0) is 16.4 Å². The van der Waals surface area contributed by atoms with E-state index < -0.39 is 15.8 Å². The average molecular weight is 350 g/mol. The van der Waals surface area contributed by atoms with Gasteiger partial charge >= 0.3 is 0 Å². The fourth-order valence-electron chi connectivity index (χ4n) is 2.03. The molecule has 0 fully saturated rings. The predicted molar refractivity (Wildman–Crippen MR) is 85.4 cm³/mol. The molecule has 0 spiro atoms. The number of hydrogen-bond acceptors (Lipinski definition) is 5. The van der Waals surface area contributed by atoms with Crippen LogP contribution >= 0.6 is 0 Å². The molecule has 7 nitrogen and oxygen atoms in total. The second kappa shape index (κ2) is 6.08. The number of sulfonamides is 1. The van der Waals surface area contributed by atoms with Crippen molar-refractivity contribution in [3.8, 4) is 11.6 Å². The van der Waals surface area contributed by atoms with E-state index in [1.54, 1.807) is 6.92 Å². The minimum Gasteiger partial charge on any atom is -0.419 e. The molecule has 0 bridgehead atoms. The molecule has 0 saturated carbocycles. The van der Waals surface area contributed by atoms with E-state index in [1.807, 2.05) is 6.92 Å². The Morgan fingerprint density at radius 3 is 2.75 bits per heavy atom. The third-order valence-corrected chi connectivity index (χ3v) is 4.75. The van der Waals surface area contributed by atoms with E-state index in [2.05, 4.69) is 19.9 Å². The van der Waals surface area contributed by atoms with Gasteiger partial charge in [-0.3, -0.25) is 4.72 Å². The number of hydrogen-bond donors (Lipinski definition) is 2. The summed E-state index contributed by atoms with van der Waals surface area (Å²) in [6, 6.07) is 5.50. The zero-order chi connectivity index (χ0) is 17.3. The number of aromatic nitrogens is 3. The molecule has 0 atom stereocenters. The molecule has 0 aliphatic rings. The molecule has 9 heteroatoms. The van der Waals surface area contributed by atoms with Crippen molar-refractivity contribution in [3.05, 3.63) is 47.7 Å². The SMILES string of the molecule is CCc1nnc(-c2cc(S(=O)(=O)Nc3ccc(C)c(F)c3)c[nH]2)o1. The zero-order valence-electron chi connectivity index (χ0n) is 13.0. The molecule has 0 saturated heterocycles. The second-order valence-electron chi connectivity index (χ2n) is 5.17. The quantitative estimate of drug-likeness (QED) is 0.737. The summed E-state index contributed by atoms with van der Waals surface area (Å²) in [6.07, 6.45) is 1.89. The summed E-state index contributed by atoms with van der Waals surface area (Å²) >= 11 is 0. The van der Waals surface area contributed by atoms with Crippen LogP contribution in [0.15, 0.2) is 39.8 Å².